The highest BCUT2D eigenvalue weighted by molar-refractivity contribution is 7.80. The summed E-state index contributed by atoms with van der Waals surface area (Å²) >= 11 is 11.9. The molecule has 2 aromatic rings. The van der Waals surface area contributed by atoms with Gasteiger partial charge in [-0.2, -0.15) is 0 Å². The van der Waals surface area contributed by atoms with Crippen LogP contribution >= 0.6 is 23.8 Å². The van der Waals surface area contributed by atoms with E-state index in [1.165, 1.54) is 0 Å². The van der Waals surface area contributed by atoms with Gasteiger partial charge in [0.25, 0.3) is 0 Å². The second-order valence-electron chi connectivity index (χ2n) is 6.83. The number of ether oxygens (including phenoxy) is 2. The van der Waals surface area contributed by atoms with Crippen LogP contribution in [0.15, 0.2) is 61.2 Å². The Balaban J connectivity index is 1.87. The summed E-state index contributed by atoms with van der Waals surface area (Å²) < 4.78 is 11.8. The van der Waals surface area contributed by atoms with Gasteiger partial charge < -0.3 is 14.8 Å². The monoisotopic (exact) mass is 414 g/mol. The Bertz CT molecular complexity index is 966. The summed E-state index contributed by atoms with van der Waals surface area (Å²) in [7, 11) is 0. The molecule has 0 saturated carbocycles. The molecule has 1 saturated heterocycles. The minimum Gasteiger partial charge on any atom is -0.466 e. The van der Waals surface area contributed by atoms with Crippen molar-refractivity contribution in [1.29, 1.82) is 0 Å². The summed E-state index contributed by atoms with van der Waals surface area (Å²) in [6, 6.07) is 14.5. The van der Waals surface area contributed by atoms with Gasteiger partial charge in [0.1, 0.15) is 18.3 Å². The fourth-order valence-corrected chi connectivity index (χ4v) is 4.52. The lowest BCUT2D eigenvalue weighted by Crippen LogP contribution is -2.71. The molecule has 2 aromatic carbocycles. The van der Waals surface area contributed by atoms with Gasteiger partial charge in [-0.05, 0) is 43.4 Å². The molecule has 2 bridgehead atoms. The molecular formula is C21H19ClN2O3S. The fraction of sp³-hybridized carbons (Fsp3) is 0.238. The van der Waals surface area contributed by atoms with E-state index in [0.29, 0.717) is 15.9 Å². The molecule has 2 aliphatic heterocycles. The Kier molecular flexibility index (Phi) is 4.77. The van der Waals surface area contributed by atoms with Gasteiger partial charge in [0.15, 0.2) is 5.11 Å². The van der Waals surface area contributed by atoms with Gasteiger partial charge in [-0.3, -0.25) is 9.69 Å². The maximum Gasteiger partial charge on any atom is 0.317 e. The smallest absolute Gasteiger partial charge is 0.317 e. The lowest BCUT2D eigenvalue weighted by atomic mass is 9.79. The summed E-state index contributed by atoms with van der Waals surface area (Å²) in [5.41, 5.74) is 0.505. The van der Waals surface area contributed by atoms with E-state index >= 15 is 0 Å². The van der Waals surface area contributed by atoms with Gasteiger partial charge in [0.2, 0.25) is 5.72 Å². The lowest BCUT2D eigenvalue weighted by molar-refractivity contribution is -0.159. The summed E-state index contributed by atoms with van der Waals surface area (Å²) in [5.74, 6) is -0.346. The van der Waals surface area contributed by atoms with Crippen LogP contribution in [0.2, 0.25) is 5.02 Å². The average molecular weight is 415 g/mol. The zero-order chi connectivity index (χ0) is 19.9. The minimum atomic E-state index is -1.09. The molecule has 0 spiro atoms. The van der Waals surface area contributed by atoms with E-state index in [-0.39, 0.29) is 18.6 Å². The Morgan fingerprint density at radius 3 is 2.93 bits per heavy atom. The zero-order valence-corrected chi connectivity index (χ0v) is 16.8. The molecule has 1 N–H and O–H groups in total. The summed E-state index contributed by atoms with van der Waals surface area (Å²) in [6.45, 7) is 5.59. The number of carbonyl (C=O) groups is 1. The summed E-state index contributed by atoms with van der Waals surface area (Å²) in [4.78, 5) is 14.8. The van der Waals surface area contributed by atoms with Crippen molar-refractivity contribution >= 4 is 40.6 Å². The fourth-order valence-electron chi connectivity index (χ4n) is 3.92. The first-order chi connectivity index (χ1) is 13.5. The maximum absolute atomic E-state index is 13.1. The normalized spacial score (nSPS) is 25.2. The van der Waals surface area contributed by atoms with Crippen LogP contribution in [0.1, 0.15) is 18.5 Å². The molecule has 0 radical (unpaired) electrons. The topological polar surface area (TPSA) is 50.8 Å². The van der Waals surface area contributed by atoms with Crippen molar-refractivity contribution in [3.63, 3.8) is 0 Å². The van der Waals surface area contributed by atoms with Gasteiger partial charge in [0.05, 0.1) is 6.04 Å². The number of fused-ring (bicyclic) bond motifs is 4. The number of carbonyl (C=O) groups excluding carboxylic acids is 1. The van der Waals surface area contributed by atoms with Crippen LogP contribution in [-0.4, -0.2) is 23.4 Å². The number of anilines is 1. The average Bonchev–Trinajstić information content (AvgIpc) is 2.65. The molecule has 0 aromatic heterocycles. The third kappa shape index (κ3) is 2.93. The van der Waals surface area contributed by atoms with Crippen molar-refractivity contribution in [2.75, 3.05) is 11.5 Å². The first-order valence-corrected chi connectivity index (χ1v) is 9.66. The maximum atomic E-state index is 13.1. The van der Waals surface area contributed by atoms with Crippen LogP contribution in [-0.2, 0) is 9.53 Å². The van der Waals surface area contributed by atoms with E-state index in [4.69, 9.17) is 33.3 Å². The SMILES string of the molecule is C=CCOC(=O)C1C2NC(=S)N(c3cccc(Cl)c3)C1(C)Oc1ccccc12. The zero-order valence-electron chi connectivity index (χ0n) is 15.2. The van der Waals surface area contributed by atoms with Crippen molar-refractivity contribution in [3.05, 3.63) is 71.8 Å². The molecule has 3 atom stereocenters. The van der Waals surface area contributed by atoms with Gasteiger partial charge in [0, 0.05) is 16.3 Å². The number of benzene rings is 2. The lowest BCUT2D eigenvalue weighted by Gasteiger charge is -2.55. The Hall–Kier alpha value is -2.57. The van der Waals surface area contributed by atoms with E-state index < -0.39 is 11.6 Å². The molecule has 2 heterocycles. The number of halogens is 1. The highest BCUT2D eigenvalue weighted by atomic mass is 35.5. The second kappa shape index (κ2) is 7.11. The van der Waals surface area contributed by atoms with Crippen molar-refractivity contribution in [3.8, 4) is 5.75 Å². The highest BCUT2D eigenvalue weighted by Gasteiger charge is 2.59. The molecule has 0 aliphatic carbocycles. The van der Waals surface area contributed by atoms with Gasteiger partial charge in [-0.25, -0.2) is 0 Å². The van der Waals surface area contributed by atoms with Gasteiger partial charge >= 0.3 is 5.97 Å². The standard InChI is InChI=1S/C21H19ClN2O3S/c1-3-11-26-19(25)17-18-15-9-4-5-10-16(15)27-21(17,2)24(20(28)23-18)14-8-6-7-13(22)12-14/h3-10,12,17-18H,1,11H2,2H3,(H,23,28). The van der Waals surface area contributed by atoms with Gasteiger partial charge in [-0.15, -0.1) is 0 Å². The van der Waals surface area contributed by atoms with E-state index in [1.807, 2.05) is 43.3 Å². The first kappa shape index (κ1) is 18.8. The van der Waals surface area contributed by atoms with Crippen molar-refractivity contribution in [2.24, 2.45) is 5.92 Å². The number of thiocarbonyl (C=S) groups is 1. The van der Waals surface area contributed by atoms with Crippen LogP contribution in [0.25, 0.3) is 0 Å². The number of para-hydroxylation sites is 1. The number of hydrogen-bond donors (Lipinski definition) is 1. The number of rotatable bonds is 4. The molecule has 7 heteroatoms. The molecule has 28 heavy (non-hydrogen) atoms. The molecule has 144 valence electrons. The largest absolute Gasteiger partial charge is 0.466 e. The number of nitrogens with zero attached hydrogens (tertiary/aromatic N) is 1. The van der Waals surface area contributed by atoms with Crippen LogP contribution in [0.5, 0.6) is 5.75 Å². The Morgan fingerprint density at radius 1 is 1.39 bits per heavy atom. The van der Waals surface area contributed by atoms with Crippen molar-refractivity contribution < 1.29 is 14.3 Å². The Morgan fingerprint density at radius 2 is 2.18 bits per heavy atom. The van der Waals surface area contributed by atoms with Crippen molar-refractivity contribution in [1.82, 2.24) is 5.32 Å². The number of hydrogen-bond acceptors (Lipinski definition) is 4. The first-order valence-electron chi connectivity index (χ1n) is 8.87. The highest BCUT2D eigenvalue weighted by Crippen LogP contribution is 2.49. The quantitative estimate of drug-likeness (QED) is 0.459. The minimum absolute atomic E-state index is 0.126. The van der Waals surface area contributed by atoms with E-state index in [2.05, 4.69) is 11.9 Å². The predicted molar refractivity (Wildman–Crippen MR) is 113 cm³/mol. The van der Waals surface area contributed by atoms with Crippen LogP contribution in [0.3, 0.4) is 0 Å². The number of esters is 1. The molecule has 3 unspecified atom stereocenters. The molecule has 4 rings (SSSR count). The number of nitrogens with one attached hydrogen (secondary N) is 1. The van der Waals surface area contributed by atoms with E-state index in [0.717, 1.165) is 11.3 Å². The third-order valence-corrected chi connectivity index (χ3v) is 5.61. The van der Waals surface area contributed by atoms with E-state index in [9.17, 15) is 4.79 Å². The van der Waals surface area contributed by atoms with Crippen LogP contribution < -0.4 is 15.0 Å². The third-order valence-electron chi connectivity index (χ3n) is 5.07. The predicted octanol–water partition coefficient (Wildman–Crippen LogP) is 4.23. The van der Waals surface area contributed by atoms with Crippen LogP contribution in [0.4, 0.5) is 5.69 Å². The molecule has 5 nitrogen and oxygen atoms in total. The summed E-state index contributed by atoms with van der Waals surface area (Å²) in [6.07, 6.45) is 1.54. The van der Waals surface area contributed by atoms with Crippen LogP contribution in [0, 0.1) is 5.92 Å². The second-order valence-corrected chi connectivity index (χ2v) is 7.66. The molecule has 0 amide bonds. The Labute approximate surface area is 173 Å². The van der Waals surface area contributed by atoms with Gasteiger partial charge in [-0.1, -0.05) is 48.5 Å². The molecular weight excluding hydrogens is 396 g/mol. The van der Waals surface area contributed by atoms with E-state index in [1.54, 1.807) is 23.1 Å². The summed E-state index contributed by atoms with van der Waals surface area (Å²) in [5, 5.41) is 4.33. The van der Waals surface area contributed by atoms with Crippen molar-refractivity contribution in [2.45, 2.75) is 18.7 Å². The molecule has 1 fully saturated rings. The molecule has 2 aliphatic rings.